The van der Waals surface area contributed by atoms with E-state index in [0.29, 0.717) is 19.0 Å². The zero-order chi connectivity index (χ0) is 11.3. The first kappa shape index (κ1) is 18.4. The Bertz CT molecular complexity index is 366. The molecule has 0 atom stereocenters. The topological polar surface area (TPSA) is 76.4 Å². The van der Waals surface area contributed by atoms with Gasteiger partial charge in [-0.15, -0.1) is 24.8 Å². The number of anilines is 1. The van der Waals surface area contributed by atoms with Crippen molar-refractivity contribution in [2.45, 2.75) is 20.4 Å². The van der Waals surface area contributed by atoms with Gasteiger partial charge in [0, 0.05) is 18.8 Å². The van der Waals surface area contributed by atoms with Crippen LogP contribution >= 0.6 is 24.8 Å². The minimum Gasteiger partial charge on any atom is -0.370 e. The number of halogens is 2. The van der Waals surface area contributed by atoms with Gasteiger partial charge in [-0.1, -0.05) is 12.1 Å². The highest BCUT2D eigenvalue weighted by Gasteiger charge is 2.02. The summed E-state index contributed by atoms with van der Waals surface area (Å²) in [6.07, 6.45) is 0. The molecule has 98 valence electrons. The number of nitrogens with one attached hydrogen (secondary N) is 1. The van der Waals surface area contributed by atoms with Crippen LogP contribution in [0.4, 0.5) is 5.69 Å². The van der Waals surface area contributed by atoms with Crippen LogP contribution in [-0.4, -0.2) is 12.5 Å². The smallest absolute Gasteiger partial charge is 0.193 e. The fourth-order valence-corrected chi connectivity index (χ4v) is 1.39. The van der Waals surface area contributed by atoms with E-state index >= 15 is 0 Å². The van der Waals surface area contributed by atoms with Crippen LogP contribution in [-0.2, 0) is 6.54 Å². The molecular formula is C11H20Cl2N4. The van der Waals surface area contributed by atoms with Crippen LogP contribution in [0.25, 0.3) is 0 Å². The molecule has 17 heavy (non-hydrogen) atoms. The first-order chi connectivity index (χ1) is 7.19. The molecule has 0 saturated carbocycles. The van der Waals surface area contributed by atoms with Crippen molar-refractivity contribution < 1.29 is 0 Å². The molecule has 0 amide bonds. The molecule has 0 aliphatic carbocycles. The minimum absolute atomic E-state index is 0. The standard InChI is InChI=1S/C11H18N4.2ClH/c1-3-14-11(13)15-10-6-4-5-9(7-12)8(10)2;;/h4-6H,3,7,12H2,1-2H3,(H3,13,14,15);2*1H. The number of guanidine groups is 1. The van der Waals surface area contributed by atoms with E-state index in [1.54, 1.807) is 0 Å². The third-order valence-corrected chi connectivity index (χ3v) is 2.26. The lowest BCUT2D eigenvalue weighted by Gasteiger charge is -2.11. The van der Waals surface area contributed by atoms with Crippen molar-refractivity contribution in [1.29, 1.82) is 0 Å². The van der Waals surface area contributed by atoms with Crippen LogP contribution in [0.2, 0.25) is 0 Å². The highest BCUT2D eigenvalue weighted by molar-refractivity contribution is 5.93. The SMILES string of the molecule is CCN=C(N)Nc1cccc(CN)c1C.Cl.Cl. The number of aliphatic imine (C=N–C) groups is 1. The Morgan fingerprint density at radius 2 is 2.00 bits per heavy atom. The summed E-state index contributed by atoms with van der Waals surface area (Å²) < 4.78 is 0. The number of nitrogens with zero attached hydrogens (tertiary/aromatic N) is 1. The highest BCUT2D eigenvalue weighted by Crippen LogP contribution is 2.17. The van der Waals surface area contributed by atoms with Crippen LogP contribution < -0.4 is 16.8 Å². The van der Waals surface area contributed by atoms with E-state index < -0.39 is 0 Å². The van der Waals surface area contributed by atoms with Crippen molar-refractivity contribution in [3.63, 3.8) is 0 Å². The maximum absolute atomic E-state index is 5.68. The second-order valence-corrected chi connectivity index (χ2v) is 3.28. The van der Waals surface area contributed by atoms with E-state index in [1.807, 2.05) is 32.0 Å². The van der Waals surface area contributed by atoms with E-state index in [-0.39, 0.29) is 24.8 Å². The molecule has 0 radical (unpaired) electrons. The second kappa shape index (κ2) is 9.10. The number of benzene rings is 1. The lowest BCUT2D eigenvalue weighted by molar-refractivity contribution is 1.05. The summed E-state index contributed by atoms with van der Waals surface area (Å²) in [5.41, 5.74) is 14.5. The summed E-state index contributed by atoms with van der Waals surface area (Å²) in [7, 11) is 0. The Hall–Kier alpha value is -0.970. The Balaban J connectivity index is 0. The van der Waals surface area contributed by atoms with Gasteiger partial charge in [0.1, 0.15) is 0 Å². The molecule has 5 N–H and O–H groups in total. The summed E-state index contributed by atoms with van der Waals surface area (Å²) in [5, 5.41) is 3.06. The third-order valence-electron chi connectivity index (χ3n) is 2.26. The lowest BCUT2D eigenvalue weighted by atomic mass is 10.1. The Labute approximate surface area is 115 Å². The number of hydrogen-bond acceptors (Lipinski definition) is 2. The van der Waals surface area contributed by atoms with Crippen LogP contribution in [0.15, 0.2) is 23.2 Å². The summed E-state index contributed by atoms with van der Waals surface area (Å²) >= 11 is 0. The van der Waals surface area contributed by atoms with E-state index in [9.17, 15) is 0 Å². The largest absolute Gasteiger partial charge is 0.370 e. The molecule has 1 aromatic rings. The first-order valence-corrected chi connectivity index (χ1v) is 5.04. The van der Waals surface area contributed by atoms with E-state index in [1.165, 1.54) is 0 Å². The van der Waals surface area contributed by atoms with Crippen molar-refractivity contribution in [2.24, 2.45) is 16.5 Å². The molecule has 4 nitrogen and oxygen atoms in total. The average Bonchev–Trinajstić information content (AvgIpc) is 2.21. The molecule has 0 aromatic heterocycles. The van der Waals surface area contributed by atoms with Crippen LogP contribution in [0.3, 0.4) is 0 Å². The van der Waals surface area contributed by atoms with Gasteiger partial charge < -0.3 is 16.8 Å². The molecular weight excluding hydrogens is 259 g/mol. The minimum atomic E-state index is 0. The Kier molecular flexibility index (Phi) is 9.85. The van der Waals surface area contributed by atoms with Gasteiger partial charge in [-0.05, 0) is 31.0 Å². The first-order valence-electron chi connectivity index (χ1n) is 5.04. The van der Waals surface area contributed by atoms with Gasteiger partial charge in [0.2, 0.25) is 0 Å². The predicted octanol–water partition coefficient (Wildman–Crippen LogP) is 2.04. The molecule has 0 unspecified atom stereocenters. The predicted molar refractivity (Wildman–Crippen MR) is 79.4 cm³/mol. The Morgan fingerprint density at radius 1 is 1.35 bits per heavy atom. The molecule has 6 heteroatoms. The van der Waals surface area contributed by atoms with Crippen molar-refractivity contribution in [2.75, 3.05) is 11.9 Å². The molecule has 0 fully saturated rings. The molecule has 0 heterocycles. The van der Waals surface area contributed by atoms with Crippen molar-refractivity contribution in [1.82, 2.24) is 0 Å². The molecule has 0 aliphatic rings. The molecule has 0 saturated heterocycles. The average molecular weight is 279 g/mol. The van der Waals surface area contributed by atoms with Gasteiger partial charge >= 0.3 is 0 Å². The van der Waals surface area contributed by atoms with Gasteiger partial charge in [-0.2, -0.15) is 0 Å². The molecule has 0 aliphatic heterocycles. The van der Waals surface area contributed by atoms with Gasteiger partial charge in [-0.3, -0.25) is 4.99 Å². The summed E-state index contributed by atoms with van der Waals surface area (Å²) in [5.74, 6) is 0.440. The number of hydrogen-bond donors (Lipinski definition) is 3. The number of nitrogens with two attached hydrogens (primary N) is 2. The van der Waals surface area contributed by atoms with Gasteiger partial charge in [0.15, 0.2) is 5.96 Å². The Morgan fingerprint density at radius 3 is 2.53 bits per heavy atom. The molecule has 0 bridgehead atoms. The van der Waals surface area contributed by atoms with Crippen molar-refractivity contribution >= 4 is 36.5 Å². The zero-order valence-electron chi connectivity index (χ0n) is 10.1. The summed E-state index contributed by atoms with van der Waals surface area (Å²) in [6.45, 7) is 5.17. The van der Waals surface area contributed by atoms with Gasteiger partial charge in [0.25, 0.3) is 0 Å². The van der Waals surface area contributed by atoms with E-state index in [2.05, 4.69) is 10.3 Å². The maximum Gasteiger partial charge on any atom is 0.193 e. The maximum atomic E-state index is 5.68. The van der Waals surface area contributed by atoms with Crippen LogP contribution in [0.5, 0.6) is 0 Å². The molecule has 0 spiro atoms. The molecule has 1 aromatic carbocycles. The van der Waals surface area contributed by atoms with Gasteiger partial charge in [-0.25, -0.2) is 0 Å². The van der Waals surface area contributed by atoms with Crippen LogP contribution in [0, 0.1) is 6.92 Å². The van der Waals surface area contributed by atoms with Crippen molar-refractivity contribution in [3.05, 3.63) is 29.3 Å². The van der Waals surface area contributed by atoms with Crippen LogP contribution in [0.1, 0.15) is 18.1 Å². The fraction of sp³-hybridized carbons (Fsp3) is 0.364. The van der Waals surface area contributed by atoms with Gasteiger partial charge in [0.05, 0.1) is 0 Å². The second-order valence-electron chi connectivity index (χ2n) is 3.28. The quantitative estimate of drug-likeness (QED) is 0.585. The summed E-state index contributed by atoms with van der Waals surface area (Å²) in [6, 6.07) is 5.93. The van der Waals surface area contributed by atoms with Crippen molar-refractivity contribution in [3.8, 4) is 0 Å². The highest BCUT2D eigenvalue weighted by atomic mass is 35.5. The zero-order valence-corrected chi connectivity index (χ0v) is 11.7. The fourth-order valence-electron chi connectivity index (χ4n) is 1.39. The monoisotopic (exact) mass is 278 g/mol. The van der Waals surface area contributed by atoms with E-state index in [0.717, 1.165) is 16.8 Å². The lowest BCUT2D eigenvalue weighted by Crippen LogP contribution is -2.23. The number of rotatable bonds is 3. The normalized spacial score (nSPS) is 10.2. The third kappa shape index (κ3) is 5.26. The van der Waals surface area contributed by atoms with E-state index in [4.69, 9.17) is 11.5 Å². The molecule has 1 rings (SSSR count). The summed E-state index contributed by atoms with van der Waals surface area (Å²) in [4.78, 5) is 4.07.